The zero-order valence-corrected chi connectivity index (χ0v) is 16.7. The molecule has 1 aliphatic carbocycles. The van der Waals surface area contributed by atoms with Gasteiger partial charge in [0, 0.05) is 5.41 Å². The van der Waals surface area contributed by atoms with Gasteiger partial charge in [0.1, 0.15) is 0 Å². The van der Waals surface area contributed by atoms with Gasteiger partial charge in [0.25, 0.3) is 0 Å². The first-order chi connectivity index (χ1) is 12.5. The summed E-state index contributed by atoms with van der Waals surface area (Å²) < 4.78 is 0. The molecule has 2 N–H and O–H groups in total. The molecule has 1 atom stereocenters. The van der Waals surface area contributed by atoms with Crippen molar-refractivity contribution in [2.45, 2.75) is 58.0 Å². The number of fused-ring (bicyclic) bond motifs is 1. The van der Waals surface area contributed by atoms with E-state index >= 15 is 0 Å². The Morgan fingerprint density at radius 2 is 1.67 bits per heavy atom. The summed E-state index contributed by atoms with van der Waals surface area (Å²) in [5.41, 5.74) is 5.76. The van der Waals surface area contributed by atoms with Crippen molar-refractivity contribution < 1.29 is 15.0 Å². The van der Waals surface area contributed by atoms with E-state index in [9.17, 15) is 9.90 Å². The van der Waals surface area contributed by atoms with E-state index in [2.05, 4.69) is 52.8 Å². The van der Waals surface area contributed by atoms with Gasteiger partial charge < -0.3 is 10.2 Å². The van der Waals surface area contributed by atoms with Gasteiger partial charge in [-0.15, -0.1) is 0 Å². The van der Waals surface area contributed by atoms with Gasteiger partial charge in [0.05, 0.1) is 11.7 Å². The van der Waals surface area contributed by atoms with Crippen LogP contribution in [0.4, 0.5) is 0 Å². The maximum absolute atomic E-state index is 11.0. The number of carboxylic acid groups (broad SMARTS) is 1. The quantitative estimate of drug-likeness (QED) is 0.738. The maximum Gasteiger partial charge on any atom is 0.335 e. The van der Waals surface area contributed by atoms with Crippen molar-refractivity contribution in [3.8, 4) is 0 Å². The monoisotopic (exact) mass is 364 g/mol. The van der Waals surface area contributed by atoms with E-state index in [1.54, 1.807) is 12.1 Å². The van der Waals surface area contributed by atoms with Gasteiger partial charge in [-0.05, 0) is 58.7 Å². The third-order valence-corrected chi connectivity index (χ3v) is 5.98. The first-order valence-electron chi connectivity index (χ1n) is 9.37. The van der Waals surface area contributed by atoms with Gasteiger partial charge in [0.15, 0.2) is 0 Å². The van der Waals surface area contributed by atoms with Crippen molar-refractivity contribution in [1.29, 1.82) is 0 Å². The Balaban J connectivity index is 2.00. The third-order valence-electron chi connectivity index (χ3n) is 5.98. The molecule has 3 nitrogen and oxygen atoms in total. The van der Waals surface area contributed by atoms with E-state index < -0.39 is 5.97 Å². The molecule has 3 rings (SSSR count). The molecule has 142 valence electrons. The molecular formula is C24H28O3. The van der Waals surface area contributed by atoms with Crippen LogP contribution < -0.4 is 0 Å². The molecule has 0 spiro atoms. The van der Waals surface area contributed by atoms with Gasteiger partial charge in [-0.25, -0.2) is 4.79 Å². The maximum atomic E-state index is 11.0. The van der Waals surface area contributed by atoms with Crippen molar-refractivity contribution in [3.05, 3.63) is 69.8 Å². The zero-order valence-electron chi connectivity index (χ0n) is 16.7. The molecule has 1 unspecified atom stereocenters. The lowest BCUT2D eigenvalue weighted by atomic mass is 9.61. The summed E-state index contributed by atoms with van der Waals surface area (Å²) in [6, 6.07) is 11.3. The first kappa shape index (κ1) is 19.4. The normalized spacial score (nSPS) is 20.4. The van der Waals surface area contributed by atoms with E-state index in [4.69, 9.17) is 5.11 Å². The average Bonchev–Trinajstić information content (AvgIpc) is 2.59. The summed E-state index contributed by atoms with van der Waals surface area (Å²) in [7, 11) is 0. The molecule has 0 saturated heterocycles. The molecule has 2 aromatic carbocycles. The van der Waals surface area contributed by atoms with Gasteiger partial charge in [-0.3, -0.25) is 0 Å². The summed E-state index contributed by atoms with van der Waals surface area (Å²) in [5, 5.41) is 19.6. The molecule has 3 heteroatoms. The Kier molecular flexibility index (Phi) is 4.77. The SMILES string of the molecule is Cc1cc2c(cc1C=Cc1ccc(C(=O)O)cc1)C(C)(C)CC(O)C2(C)C. The second kappa shape index (κ2) is 6.65. The molecule has 0 amide bonds. The molecule has 0 aromatic heterocycles. The Hall–Kier alpha value is -2.39. The number of hydrogen-bond acceptors (Lipinski definition) is 2. The van der Waals surface area contributed by atoms with Crippen LogP contribution >= 0.6 is 0 Å². The van der Waals surface area contributed by atoms with Crippen LogP contribution in [0.2, 0.25) is 0 Å². The molecule has 27 heavy (non-hydrogen) atoms. The number of benzene rings is 2. The summed E-state index contributed by atoms with van der Waals surface area (Å²) in [5.74, 6) is -0.914. The third kappa shape index (κ3) is 3.57. The van der Waals surface area contributed by atoms with E-state index in [-0.39, 0.29) is 16.9 Å². The van der Waals surface area contributed by atoms with Crippen molar-refractivity contribution in [2.75, 3.05) is 0 Å². The van der Waals surface area contributed by atoms with Crippen LogP contribution in [0, 0.1) is 6.92 Å². The number of rotatable bonds is 3. The average molecular weight is 364 g/mol. The molecular weight excluding hydrogens is 336 g/mol. The van der Waals surface area contributed by atoms with Gasteiger partial charge in [0.2, 0.25) is 0 Å². The van der Waals surface area contributed by atoms with Crippen molar-refractivity contribution in [1.82, 2.24) is 0 Å². The molecule has 0 bridgehead atoms. The Morgan fingerprint density at radius 1 is 1.04 bits per heavy atom. The fraction of sp³-hybridized carbons (Fsp3) is 0.375. The lowest BCUT2D eigenvalue weighted by Crippen LogP contribution is -2.45. The largest absolute Gasteiger partial charge is 0.478 e. The van der Waals surface area contributed by atoms with E-state index in [1.165, 1.54) is 16.7 Å². The summed E-state index contributed by atoms with van der Waals surface area (Å²) in [6.45, 7) is 10.7. The lowest BCUT2D eigenvalue weighted by Gasteiger charge is -2.45. The molecule has 0 heterocycles. The second-order valence-electron chi connectivity index (χ2n) is 8.84. The highest BCUT2D eigenvalue weighted by Gasteiger charge is 2.43. The van der Waals surface area contributed by atoms with Crippen LogP contribution in [0.25, 0.3) is 12.2 Å². The van der Waals surface area contributed by atoms with Crippen LogP contribution in [0.5, 0.6) is 0 Å². The number of aliphatic hydroxyl groups excluding tert-OH is 1. The molecule has 0 radical (unpaired) electrons. The number of carbonyl (C=O) groups is 1. The first-order valence-corrected chi connectivity index (χ1v) is 9.37. The van der Waals surface area contributed by atoms with Crippen LogP contribution in [0.3, 0.4) is 0 Å². The standard InChI is InChI=1S/C24H28O3/c1-15-12-20-19(23(2,3)14-21(25)24(20,4)5)13-18(15)11-8-16-6-9-17(10-7-16)22(26)27/h6-13,21,25H,14H2,1-5H3,(H,26,27). The fourth-order valence-corrected chi connectivity index (χ4v) is 3.95. The van der Waals surface area contributed by atoms with E-state index in [0.29, 0.717) is 5.56 Å². The van der Waals surface area contributed by atoms with Crippen LogP contribution in [-0.4, -0.2) is 22.3 Å². The number of carboxylic acids is 1. The van der Waals surface area contributed by atoms with Crippen molar-refractivity contribution in [3.63, 3.8) is 0 Å². The predicted octanol–water partition coefficient (Wildman–Crippen LogP) is 5.18. The van der Waals surface area contributed by atoms with Crippen molar-refractivity contribution >= 4 is 18.1 Å². The molecule has 2 aromatic rings. The highest BCUT2D eigenvalue weighted by molar-refractivity contribution is 5.88. The zero-order chi connectivity index (χ0) is 20.0. The molecule has 0 fully saturated rings. The minimum atomic E-state index is -0.914. The van der Waals surface area contributed by atoms with Gasteiger partial charge in [-0.2, -0.15) is 0 Å². The highest BCUT2D eigenvalue weighted by atomic mass is 16.4. The number of aromatic carboxylic acids is 1. The van der Waals surface area contributed by atoms with Crippen LogP contribution in [0.15, 0.2) is 36.4 Å². The van der Waals surface area contributed by atoms with E-state index in [1.807, 2.05) is 18.2 Å². The fourth-order valence-electron chi connectivity index (χ4n) is 3.95. The molecule has 0 aliphatic heterocycles. The summed E-state index contributed by atoms with van der Waals surface area (Å²) in [6.07, 6.45) is 4.49. The molecule has 0 saturated carbocycles. The van der Waals surface area contributed by atoms with Gasteiger partial charge >= 0.3 is 5.97 Å². The topological polar surface area (TPSA) is 57.5 Å². The lowest BCUT2D eigenvalue weighted by molar-refractivity contribution is 0.0582. The second-order valence-corrected chi connectivity index (χ2v) is 8.84. The smallest absolute Gasteiger partial charge is 0.335 e. The van der Waals surface area contributed by atoms with E-state index in [0.717, 1.165) is 17.5 Å². The Bertz CT molecular complexity index is 902. The van der Waals surface area contributed by atoms with Crippen LogP contribution in [0.1, 0.15) is 72.3 Å². The minimum Gasteiger partial charge on any atom is -0.478 e. The number of aryl methyl sites for hydroxylation is 1. The Morgan fingerprint density at radius 3 is 2.26 bits per heavy atom. The number of aliphatic hydroxyl groups is 1. The summed E-state index contributed by atoms with van der Waals surface area (Å²) >= 11 is 0. The summed E-state index contributed by atoms with van der Waals surface area (Å²) in [4.78, 5) is 11.0. The predicted molar refractivity (Wildman–Crippen MR) is 110 cm³/mol. The van der Waals surface area contributed by atoms with Crippen molar-refractivity contribution in [2.24, 2.45) is 0 Å². The van der Waals surface area contributed by atoms with Gasteiger partial charge in [-0.1, -0.05) is 64.1 Å². The molecule has 1 aliphatic rings. The van der Waals surface area contributed by atoms with Crippen LogP contribution in [-0.2, 0) is 10.8 Å². The Labute approximate surface area is 161 Å². The highest BCUT2D eigenvalue weighted by Crippen LogP contribution is 2.46. The number of hydrogen-bond donors (Lipinski definition) is 2. The minimum absolute atomic E-state index is 0.0797.